The number of aliphatic hydroxyl groups is 2. The quantitative estimate of drug-likeness (QED) is 0.495. The molecule has 3 heteroatoms. The molecule has 0 spiro atoms. The lowest BCUT2D eigenvalue weighted by molar-refractivity contribution is -0.144. The van der Waals surface area contributed by atoms with Crippen molar-refractivity contribution >= 4 is 5.78 Å². The van der Waals surface area contributed by atoms with E-state index in [1.54, 1.807) is 0 Å². The Hall–Kier alpha value is -0.850. The van der Waals surface area contributed by atoms with Gasteiger partial charge in [0, 0.05) is 18.9 Å². The first-order valence-electron chi connectivity index (χ1n) is 12.6. The number of fused-ring (bicyclic) bond motifs is 5. The van der Waals surface area contributed by atoms with Crippen molar-refractivity contribution in [2.24, 2.45) is 40.4 Å². The minimum absolute atomic E-state index is 0.224. The van der Waals surface area contributed by atoms with E-state index in [9.17, 15) is 9.90 Å². The molecule has 0 aromatic rings. The summed E-state index contributed by atoms with van der Waals surface area (Å²) in [7, 11) is 0. The Morgan fingerprint density at radius 2 is 1.73 bits per heavy atom. The Bertz CT molecular complexity index is 719. The van der Waals surface area contributed by atoms with Gasteiger partial charge in [-0.1, -0.05) is 19.8 Å². The molecule has 0 bridgehead atoms. The second-order valence-electron chi connectivity index (χ2n) is 11.7. The zero-order chi connectivity index (χ0) is 21.6. The van der Waals surface area contributed by atoms with Gasteiger partial charge in [-0.25, -0.2) is 0 Å². The van der Waals surface area contributed by atoms with Crippen molar-refractivity contribution in [1.82, 2.24) is 0 Å². The van der Waals surface area contributed by atoms with Crippen molar-refractivity contribution in [3.8, 4) is 11.8 Å². The first kappa shape index (κ1) is 22.3. The maximum Gasteiger partial charge on any atom is 0.133 e. The van der Waals surface area contributed by atoms with Gasteiger partial charge in [0.2, 0.25) is 0 Å². The normalized spacial score (nSPS) is 47.4. The molecule has 0 saturated heterocycles. The Balaban J connectivity index is 1.47. The Morgan fingerprint density at radius 1 is 0.967 bits per heavy atom. The summed E-state index contributed by atoms with van der Waals surface area (Å²) in [6, 6.07) is 0. The van der Waals surface area contributed by atoms with Crippen molar-refractivity contribution in [3.63, 3.8) is 0 Å². The molecule has 0 heterocycles. The number of carbonyl (C=O) groups excluding carboxylic acids is 1. The highest BCUT2D eigenvalue weighted by molar-refractivity contribution is 5.79. The second-order valence-corrected chi connectivity index (χ2v) is 11.7. The SMILES string of the molecule is CC(=O)[C@H]1CC[C@H]2[C@@H]3CCC4CC(O)(C#CCCCCO)CC[C@]4(C)[C@H]3CC[C@]12C. The predicted octanol–water partition coefficient (Wildman–Crippen LogP) is 5.13. The van der Waals surface area contributed by atoms with Gasteiger partial charge in [0.1, 0.15) is 11.4 Å². The van der Waals surface area contributed by atoms with E-state index in [2.05, 4.69) is 25.7 Å². The van der Waals surface area contributed by atoms with Crippen LogP contribution in [-0.2, 0) is 4.79 Å². The lowest BCUT2D eigenvalue weighted by Crippen LogP contribution is -2.56. The molecule has 2 unspecified atom stereocenters. The topological polar surface area (TPSA) is 57.5 Å². The molecule has 8 atom stereocenters. The van der Waals surface area contributed by atoms with Crippen LogP contribution in [0.5, 0.6) is 0 Å². The smallest absolute Gasteiger partial charge is 0.133 e. The highest BCUT2D eigenvalue weighted by Crippen LogP contribution is 2.68. The van der Waals surface area contributed by atoms with Crippen LogP contribution in [0.15, 0.2) is 0 Å². The number of Topliss-reactive ketones (excluding diaryl/α,β-unsaturated/α-hetero) is 1. The summed E-state index contributed by atoms with van der Waals surface area (Å²) in [5.41, 5.74) is -0.262. The first-order chi connectivity index (χ1) is 14.2. The first-order valence-corrected chi connectivity index (χ1v) is 12.6. The van der Waals surface area contributed by atoms with Gasteiger partial charge in [0.25, 0.3) is 0 Å². The summed E-state index contributed by atoms with van der Waals surface area (Å²) in [5, 5.41) is 20.1. The van der Waals surface area contributed by atoms with Crippen LogP contribution < -0.4 is 0 Å². The summed E-state index contributed by atoms with van der Waals surface area (Å²) in [5.74, 6) is 9.93. The molecule has 0 amide bonds. The van der Waals surface area contributed by atoms with Crippen molar-refractivity contribution in [2.75, 3.05) is 6.61 Å². The number of ketones is 1. The zero-order valence-electron chi connectivity index (χ0n) is 19.4. The van der Waals surface area contributed by atoms with E-state index in [1.165, 1.54) is 32.1 Å². The third-order valence-electron chi connectivity index (χ3n) is 10.2. The van der Waals surface area contributed by atoms with Crippen molar-refractivity contribution in [3.05, 3.63) is 0 Å². The van der Waals surface area contributed by atoms with Gasteiger partial charge in [0.05, 0.1) is 0 Å². The molecule has 4 rings (SSSR count). The van der Waals surface area contributed by atoms with Gasteiger partial charge in [-0.15, -0.1) is 5.92 Å². The maximum absolute atomic E-state index is 12.3. The van der Waals surface area contributed by atoms with E-state index < -0.39 is 5.60 Å². The number of hydrogen-bond acceptors (Lipinski definition) is 3. The Morgan fingerprint density at radius 3 is 2.47 bits per heavy atom. The number of unbranched alkanes of at least 4 members (excludes halogenated alkanes) is 2. The minimum atomic E-state index is -0.813. The van der Waals surface area contributed by atoms with Gasteiger partial charge in [-0.3, -0.25) is 4.79 Å². The summed E-state index contributed by atoms with van der Waals surface area (Å²) >= 11 is 0. The molecule has 2 N–H and O–H groups in total. The largest absolute Gasteiger partial charge is 0.396 e. The van der Waals surface area contributed by atoms with E-state index in [-0.39, 0.29) is 17.9 Å². The van der Waals surface area contributed by atoms with Gasteiger partial charge in [-0.2, -0.15) is 0 Å². The molecule has 168 valence electrons. The van der Waals surface area contributed by atoms with E-state index in [4.69, 9.17) is 5.11 Å². The molecule has 4 aliphatic rings. The van der Waals surface area contributed by atoms with Crippen LogP contribution in [0.2, 0.25) is 0 Å². The molecule has 0 radical (unpaired) electrons. The zero-order valence-corrected chi connectivity index (χ0v) is 19.4. The van der Waals surface area contributed by atoms with Crippen LogP contribution in [0.25, 0.3) is 0 Å². The number of hydrogen-bond donors (Lipinski definition) is 2. The third kappa shape index (κ3) is 3.67. The summed E-state index contributed by atoms with van der Waals surface area (Å²) in [6.45, 7) is 6.98. The van der Waals surface area contributed by atoms with Gasteiger partial charge < -0.3 is 10.2 Å². The molecule has 0 aliphatic heterocycles. The molecular formula is C27H42O3. The third-order valence-corrected chi connectivity index (χ3v) is 10.2. The van der Waals surface area contributed by atoms with Crippen molar-refractivity contribution < 1.29 is 15.0 Å². The fourth-order valence-corrected chi connectivity index (χ4v) is 8.58. The average molecular weight is 415 g/mol. The van der Waals surface area contributed by atoms with E-state index >= 15 is 0 Å². The molecule has 0 aromatic heterocycles. The second kappa shape index (κ2) is 8.25. The lowest BCUT2D eigenvalue weighted by atomic mass is 9.44. The van der Waals surface area contributed by atoms with Gasteiger partial charge in [0.15, 0.2) is 0 Å². The highest BCUT2D eigenvalue weighted by Gasteiger charge is 2.61. The van der Waals surface area contributed by atoms with Crippen molar-refractivity contribution in [1.29, 1.82) is 0 Å². The molecule has 30 heavy (non-hydrogen) atoms. The van der Waals surface area contributed by atoms with Crippen LogP contribution in [0.1, 0.15) is 97.8 Å². The molecule has 3 nitrogen and oxygen atoms in total. The monoisotopic (exact) mass is 414 g/mol. The van der Waals surface area contributed by atoms with Crippen LogP contribution in [-0.4, -0.2) is 28.2 Å². The number of aliphatic hydroxyl groups excluding tert-OH is 1. The number of carbonyl (C=O) groups is 1. The fraction of sp³-hybridized carbons (Fsp3) is 0.889. The van der Waals surface area contributed by atoms with E-state index in [0.717, 1.165) is 62.7 Å². The molecule has 4 fully saturated rings. The van der Waals surface area contributed by atoms with Crippen LogP contribution in [0.3, 0.4) is 0 Å². The average Bonchev–Trinajstić information content (AvgIpc) is 3.06. The number of rotatable bonds is 4. The standard InChI is InChI=1S/C27H42O3/c1-19(29)22-10-11-23-21-9-8-20-18-27(30,13-6-4-5-7-17-28)16-15-25(20,2)24(21)12-14-26(22,23)3/h20-24,28,30H,4-5,7-12,14-18H2,1-3H3/t20?,21-,22+,23-,24-,25-,26+,27?/m0/s1. The summed E-state index contributed by atoms with van der Waals surface area (Å²) in [6.07, 6.45) is 12.5. The molecule has 0 aromatic carbocycles. The van der Waals surface area contributed by atoms with Crippen molar-refractivity contribution in [2.45, 2.75) is 103 Å². The van der Waals surface area contributed by atoms with Crippen LogP contribution in [0, 0.1) is 52.3 Å². The highest BCUT2D eigenvalue weighted by atomic mass is 16.3. The maximum atomic E-state index is 12.3. The van der Waals surface area contributed by atoms with Crippen LogP contribution >= 0.6 is 0 Å². The summed E-state index contributed by atoms with van der Waals surface area (Å²) in [4.78, 5) is 12.3. The van der Waals surface area contributed by atoms with E-state index in [1.807, 2.05) is 6.92 Å². The Kier molecular flexibility index (Phi) is 6.15. The Labute approximate surface area is 183 Å². The molecule has 4 aliphatic carbocycles. The van der Waals surface area contributed by atoms with Gasteiger partial charge in [-0.05, 0) is 112 Å². The summed E-state index contributed by atoms with van der Waals surface area (Å²) < 4.78 is 0. The fourth-order valence-electron chi connectivity index (χ4n) is 8.58. The van der Waals surface area contributed by atoms with Gasteiger partial charge >= 0.3 is 0 Å². The minimum Gasteiger partial charge on any atom is -0.396 e. The predicted molar refractivity (Wildman–Crippen MR) is 120 cm³/mol. The van der Waals surface area contributed by atoms with E-state index in [0.29, 0.717) is 17.1 Å². The molecule has 4 saturated carbocycles. The van der Waals surface area contributed by atoms with Crippen LogP contribution in [0.4, 0.5) is 0 Å². The lowest BCUT2D eigenvalue weighted by Gasteiger charge is -2.61. The molecular weight excluding hydrogens is 372 g/mol.